The third-order valence-electron chi connectivity index (χ3n) is 4.76. The second kappa shape index (κ2) is 9.04. The minimum absolute atomic E-state index is 0. The first-order chi connectivity index (χ1) is 13.9. The molecule has 3 aromatic rings. The van der Waals surface area contributed by atoms with E-state index in [4.69, 9.17) is 4.74 Å². The molecular weight excluding hydrogens is 444 g/mol. The summed E-state index contributed by atoms with van der Waals surface area (Å²) in [7, 11) is 0. The molecule has 3 rings (SSSR count). The Labute approximate surface area is 179 Å². The van der Waals surface area contributed by atoms with E-state index in [9.17, 15) is 31.4 Å². The van der Waals surface area contributed by atoms with Crippen molar-refractivity contribution in [3.05, 3.63) is 53.6 Å². The van der Waals surface area contributed by atoms with Crippen molar-refractivity contribution in [3.8, 4) is 10.9 Å². The Bertz CT molecular complexity index is 998. The first-order valence-electron chi connectivity index (χ1n) is 8.95. The number of nitrogens with zero attached hydrogens (tertiary/aromatic N) is 1. The molecule has 10 heteroatoms. The maximum absolute atomic E-state index is 13.5. The number of thiazole rings is 1. The van der Waals surface area contributed by atoms with Crippen molar-refractivity contribution >= 4 is 21.6 Å². The molecule has 0 saturated heterocycles. The number of fused-ring (bicyclic) bond motifs is 1. The topological polar surface area (TPSA) is 42.4 Å². The van der Waals surface area contributed by atoms with Gasteiger partial charge in [-0.2, -0.15) is 26.3 Å². The van der Waals surface area contributed by atoms with Crippen LogP contribution in [0.5, 0.6) is 10.9 Å². The standard InChI is InChI=1S/C20H17F6NO2S.CH4/c1-2-18(28,20(24,25)26)10-9-12-7-8-15(13(11-12)19(21,22)23)29-17-27-14-5-3-4-6-16(14)30-17;/h3-8,11,28H,2,9-10H2,1H3;1H4. The molecule has 0 fully saturated rings. The average Bonchev–Trinajstić information content (AvgIpc) is 3.07. The van der Waals surface area contributed by atoms with Crippen molar-refractivity contribution < 1.29 is 36.2 Å². The molecule has 1 unspecified atom stereocenters. The Balaban J connectivity index is 0.00000341. The van der Waals surface area contributed by atoms with E-state index >= 15 is 0 Å². The predicted molar refractivity (Wildman–Crippen MR) is 107 cm³/mol. The van der Waals surface area contributed by atoms with E-state index in [0.717, 1.165) is 28.2 Å². The number of hydrogen-bond donors (Lipinski definition) is 1. The van der Waals surface area contributed by atoms with Crippen LogP contribution < -0.4 is 4.74 Å². The molecule has 0 saturated carbocycles. The average molecular weight is 465 g/mol. The highest BCUT2D eigenvalue weighted by Crippen LogP contribution is 2.41. The van der Waals surface area contributed by atoms with Crippen LogP contribution in [-0.2, 0) is 12.6 Å². The first kappa shape index (κ1) is 24.9. The van der Waals surface area contributed by atoms with Crippen LogP contribution in [0.4, 0.5) is 26.3 Å². The zero-order valence-electron chi connectivity index (χ0n) is 15.6. The van der Waals surface area contributed by atoms with Gasteiger partial charge in [0.1, 0.15) is 5.75 Å². The van der Waals surface area contributed by atoms with Gasteiger partial charge >= 0.3 is 12.4 Å². The normalized spacial score (nSPS) is 14.2. The van der Waals surface area contributed by atoms with Crippen LogP contribution in [0, 0.1) is 0 Å². The fourth-order valence-corrected chi connectivity index (χ4v) is 3.73. The van der Waals surface area contributed by atoms with E-state index in [0.29, 0.717) is 5.52 Å². The van der Waals surface area contributed by atoms with Crippen molar-refractivity contribution in [2.24, 2.45) is 0 Å². The Morgan fingerprint density at radius 3 is 2.29 bits per heavy atom. The van der Waals surface area contributed by atoms with Gasteiger partial charge in [0.15, 0.2) is 5.60 Å². The van der Waals surface area contributed by atoms with Gasteiger partial charge in [0.05, 0.1) is 15.8 Å². The SMILES string of the molecule is C.CCC(O)(CCc1ccc(Oc2nc3ccccc3s2)c(C(F)(F)F)c1)C(F)(F)F. The molecule has 0 bridgehead atoms. The van der Waals surface area contributed by atoms with Crippen molar-refractivity contribution in [1.82, 2.24) is 4.98 Å². The van der Waals surface area contributed by atoms with E-state index in [-0.39, 0.29) is 24.6 Å². The van der Waals surface area contributed by atoms with Gasteiger partial charge in [-0.05, 0) is 49.1 Å². The number of benzene rings is 2. The summed E-state index contributed by atoms with van der Waals surface area (Å²) in [5.74, 6) is -0.494. The Morgan fingerprint density at radius 1 is 1.03 bits per heavy atom. The van der Waals surface area contributed by atoms with Crippen molar-refractivity contribution in [2.75, 3.05) is 0 Å². The third kappa shape index (κ3) is 5.48. The summed E-state index contributed by atoms with van der Waals surface area (Å²) in [6, 6.07) is 10.0. The second-order valence-corrected chi connectivity index (χ2v) is 7.75. The van der Waals surface area contributed by atoms with Crippen LogP contribution >= 0.6 is 11.3 Å². The number of hydrogen-bond acceptors (Lipinski definition) is 4. The summed E-state index contributed by atoms with van der Waals surface area (Å²) in [5, 5.41) is 9.81. The third-order valence-corrected chi connectivity index (χ3v) is 5.68. The van der Waals surface area contributed by atoms with Gasteiger partial charge in [-0.25, -0.2) is 4.98 Å². The number of para-hydroxylation sites is 1. The molecule has 0 aliphatic heterocycles. The van der Waals surface area contributed by atoms with Gasteiger partial charge in [0.2, 0.25) is 0 Å². The lowest BCUT2D eigenvalue weighted by atomic mass is 9.91. The van der Waals surface area contributed by atoms with Crippen LogP contribution in [0.25, 0.3) is 10.2 Å². The fraction of sp³-hybridized carbons (Fsp3) is 0.381. The van der Waals surface area contributed by atoms with E-state index in [1.54, 1.807) is 24.3 Å². The number of halogens is 6. The Morgan fingerprint density at radius 2 is 1.71 bits per heavy atom. The molecule has 1 aromatic heterocycles. The number of rotatable bonds is 6. The summed E-state index contributed by atoms with van der Waals surface area (Å²) in [6.45, 7) is 1.17. The summed E-state index contributed by atoms with van der Waals surface area (Å²) in [4.78, 5) is 4.13. The van der Waals surface area contributed by atoms with Crippen LogP contribution in [0.1, 0.15) is 38.3 Å². The molecule has 1 N–H and O–H groups in total. The van der Waals surface area contributed by atoms with Crippen LogP contribution in [0.15, 0.2) is 42.5 Å². The summed E-state index contributed by atoms with van der Waals surface area (Å²) in [5.41, 5.74) is -3.49. The predicted octanol–water partition coefficient (Wildman–Crippen LogP) is 7.38. The maximum atomic E-state index is 13.5. The van der Waals surface area contributed by atoms with Crippen molar-refractivity contribution in [2.45, 2.75) is 51.6 Å². The number of aliphatic hydroxyl groups is 1. The molecule has 0 amide bonds. The van der Waals surface area contributed by atoms with Gasteiger partial charge in [-0.1, -0.05) is 43.9 Å². The van der Waals surface area contributed by atoms with Gasteiger partial charge in [0, 0.05) is 0 Å². The minimum Gasteiger partial charge on any atom is -0.430 e. The lowest BCUT2D eigenvalue weighted by Gasteiger charge is -2.29. The number of aromatic nitrogens is 1. The summed E-state index contributed by atoms with van der Waals surface area (Å²) >= 11 is 1.08. The molecule has 0 aliphatic rings. The van der Waals surface area contributed by atoms with E-state index in [2.05, 4.69) is 4.98 Å². The highest BCUT2D eigenvalue weighted by atomic mass is 32.1. The zero-order chi connectivity index (χ0) is 22.2. The van der Waals surface area contributed by atoms with Gasteiger partial charge in [-0.3, -0.25) is 0 Å². The molecular formula is C21H21F6NO2S. The highest BCUT2D eigenvalue weighted by molar-refractivity contribution is 7.20. The molecule has 3 nitrogen and oxygen atoms in total. The number of ether oxygens (including phenoxy) is 1. The molecule has 170 valence electrons. The molecule has 0 radical (unpaired) electrons. The summed E-state index contributed by atoms with van der Waals surface area (Å²) in [6.07, 6.45) is -11.4. The molecule has 1 atom stereocenters. The molecule has 31 heavy (non-hydrogen) atoms. The molecule has 2 aromatic carbocycles. The molecule has 0 aliphatic carbocycles. The maximum Gasteiger partial charge on any atom is 0.419 e. The lowest BCUT2D eigenvalue weighted by molar-refractivity contribution is -0.263. The minimum atomic E-state index is -4.87. The van der Waals surface area contributed by atoms with Crippen molar-refractivity contribution in [3.63, 3.8) is 0 Å². The van der Waals surface area contributed by atoms with Gasteiger partial charge in [0.25, 0.3) is 5.19 Å². The fourth-order valence-electron chi connectivity index (χ4n) is 2.90. The van der Waals surface area contributed by atoms with E-state index in [1.165, 1.54) is 13.0 Å². The van der Waals surface area contributed by atoms with E-state index < -0.39 is 42.1 Å². The second-order valence-electron chi connectivity index (χ2n) is 6.76. The molecule has 0 spiro atoms. The highest BCUT2D eigenvalue weighted by Gasteiger charge is 2.51. The van der Waals surface area contributed by atoms with Crippen LogP contribution in [0.3, 0.4) is 0 Å². The quantitative estimate of drug-likeness (QED) is 0.386. The Kier molecular flexibility index (Phi) is 7.27. The largest absolute Gasteiger partial charge is 0.430 e. The monoisotopic (exact) mass is 465 g/mol. The molecule has 1 heterocycles. The first-order valence-corrected chi connectivity index (χ1v) is 9.77. The number of aryl methyl sites for hydroxylation is 1. The van der Waals surface area contributed by atoms with Crippen LogP contribution in [-0.4, -0.2) is 21.9 Å². The van der Waals surface area contributed by atoms with Crippen LogP contribution in [0.2, 0.25) is 0 Å². The van der Waals surface area contributed by atoms with Gasteiger partial charge in [-0.15, -0.1) is 0 Å². The summed E-state index contributed by atoms with van der Waals surface area (Å²) < 4.78 is 85.8. The number of alkyl halides is 6. The van der Waals surface area contributed by atoms with Gasteiger partial charge < -0.3 is 9.84 Å². The van der Waals surface area contributed by atoms with E-state index in [1.807, 2.05) is 0 Å². The Hall–Kier alpha value is -2.33. The zero-order valence-corrected chi connectivity index (χ0v) is 16.5. The smallest absolute Gasteiger partial charge is 0.419 e. The lowest BCUT2D eigenvalue weighted by Crippen LogP contribution is -2.44. The van der Waals surface area contributed by atoms with Crippen molar-refractivity contribution in [1.29, 1.82) is 0 Å².